The minimum atomic E-state index is 0. The number of para-hydroxylation sites is 1. The molecule has 3 heterocycles. The lowest BCUT2D eigenvalue weighted by Crippen LogP contribution is -2.35. The summed E-state index contributed by atoms with van der Waals surface area (Å²) in [6, 6.07) is 14.9. The van der Waals surface area contributed by atoms with Gasteiger partial charge < -0.3 is 15.5 Å². The van der Waals surface area contributed by atoms with Gasteiger partial charge >= 0.3 is 0 Å². The van der Waals surface area contributed by atoms with Crippen LogP contribution in [-0.2, 0) is 6.42 Å². The van der Waals surface area contributed by atoms with Gasteiger partial charge in [0.05, 0.1) is 17.3 Å². The van der Waals surface area contributed by atoms with Crippen LogP contribution < -0.4 is 10.6 Å². The monoisotopic (exact) mass is 397 g/mol. The first-order valence-electron chi connectivity index (χ1n) is 10.2. The van der Waals surface area contributed by atoms with Crippen molar-refractivity contribution >= 4 is 24.0 Å². The number of likely N-dealkylation sites (tertiary alicyclic amines) is 1. The molecule has 2 saturated heterocycles. The molecule has 2 aromatic rings. The van der Waals surface area contributed by atoms with Crippen molar-refractivity contribution in [2.45, 2.75) is 25.8 Å². The standard InChI is InChI=1S/C23H27N3O.ClH/c1-15-6-2-3-9-18(15)22-20-13-24-12-17(20)14-26(22)23(27)19-10-4-7-16-8-5-11-25-21(16)19;/h2-4,6-7,9-10,17,20,22,24-25H,5,8,11-14H2,1H3;1H/t17-,20-,22-;/m0./s1. The summed E-state index contributed by atoms with van der Waals surface area (Å²) in [7, 11) is 0. The van der Waals surface area contributed by atoms with Crippen LogP contribution in [0.5, 0.6) is 0 Å². The first kappa shape index (κ1) is 19.3. The Hall–Kier alpha value is -2.04. The van der Waals surface area contributed by atoms with Crippen LogP contribution in [0.25, 0.3) is 0 Å². The Bertz CT molecular complexity index is 884. The summed E-state index contributed by atoms with van der Waals surface area (Å²) in [6.45, 7) is 5.98. The molecule has 0 aromatic heterocycles. The van der Waals surface area contributed by atoms with Crippen LogP contribution in [0.15, 0.2) is 42.5 Å². The van der Waals surface area contributed by atoms with E-state index in [2.05, 4.69) is 52.8 Å². The number of halogens is 1. The number of hydrogen-bond acceptors (Lipinski definition) is 3. The summed E-state index contributed by atoms with van der Waals surface area (Å²) < 4.78 is 0. The van der Waals surface area contributed by atoms with Gasteiger partial charge in [0.15, 0.2) is 0 Å². The molecule has 3 aliphatic rings. The summed E-state index contributed by atoms with van der Waals surface area (Å²) in [4.78, 5) is 15.9. The number of benzene rings is 2. The van der Waals surface area contributed by atoms with Gasteiger partial charge in [0.2, 0.25) is 0 Å². The number of rotatable bonds is 2. The molecule has 3 atom stereocenters. The van der Waals surface area contributed by atoms with E-state index in [4.69, 9.17) is 0 Å². The largest absolute Gasteiger partial charge is 0.384 e. The molecule has 0 bridgehead atoms. The van der Waals surface area contributed by atoms with Crippen LogP contribution in [0.1, 0.15) is 39.5 Å². The van der Waals surface area contributed by atoms with Gasteiger partial charge in [0.25, 0.3) is 5.91 Å². The number of nitrogens with one attached hydrogen (secondary N) is 2. The fourth-order valence-electron chi connectivity index (χ4n) is 5.29. The lowest BCUT2D eigenvalue weighted by Gasteiger charge is -2.31. The SMILES string of the molecule is Cc1ccccc1[C@H]1[C@H]2CNC[C@H]2CN1C(=O)c1cccc2c1NCCC2.Cl. The fourth-order valence-corrected chi connectivity index (χ4v) is 5.29. The molecular formula is C23H28ClN3O. The van der Waals surface area contributed by atoms with Gasteiger partial charge in [-0.3, -0.25) is 4.79 Å². The predicted molar refractivity (Wildman–Crippen MR) is 115 cm³/mol. The summed E-state index contributed by atoms with van der Waals surface area (Å²) in [5, 5.41) is 7.03. The quantitative estimate of drug-likeness (QED) is 0.809. The number of aryl methyl sites for hydroxylation is 2. The number of anilines is 1. The van der Waals surface area contributed by atoms with E-state index in [1.165, 1.54) is 16.7 Å². The maximum atomic E-state index is 13.7. The van der Waals surface area contributed by atoms with Crippen molar-refractivity contribution in [3.05, 3.63) is 64.7 Å². The molecule has 4 nitrogen and oxygen atoms in total. The Labute approximate surface area is 173 Å². The maximum Gasteiger partial charge on any atom is 0.256 e. The normalized spacial score (nSPS) is 25.5. The van der Waals surface area contributed by atoms with Gasteiger partial charge in [0.1, 0.15) is 0 Å². The van der Waals surface area contributed by atoms with Gasteiger partial charge in [-0.25, -0.2) is 0 Å². The highest BCUT2D eigenvalue weighted by molar-refractivity contribution is 6.01. The van der Waals surface area contributed by atoms with Crippen molar-refractivity contribution in [2.75, 3.05) is 31.5 Å². The molecule has 0 aliphatic carbocycles. The maximum absolute atomic E-state index is 13.7. The lowest BCUT2D eigenvalue weighted by atomic mass is 9.87. The van der Waals surface area contributed by atoms with Crippen molar-refractivity contribution in [3.63, 3.8) is 0 Å². The topological polar surface area (TPSA) is 44.4 Å². The van der Waals surface area contributed by atoms with Gasteiger partial charge in [-0.1, -0.05) is 36.4 Å². The van der Waals surface area contributed by atoms with Crippen LogP contribution in [-0.4, -0.2) is 37.0 Å². The molecule has 1 amide bonds. The highest BCUT2D eigenvalue weighted by Gasteiger charge is 2.47. The van der Waals surface area contributed by atoms with E-state index in [0.717, 1.165) is 50.3 Å². The zero-order chi connectivity index (χ0) is 18.4. The van der Waals surface area contributed by atoms with Gasteiger partial charge in [0, 0.05) is 32.1 Å². The van der Waals surface area contributed by atoms with E-state index in [1.54, 1.807) is 0 Å². The highest BCUT2D eigenvalue weighted by atomic mass is 35.5. The number of nitrogens with zero attached hydrogens (tertiary/aromatic N) is 1. The smallest absolute Gasteiger partial charge is 0.256 e. The van der Waals surface area contributed by atoms with Gasteiger partial charge in [-0.05, 0) is 48.4 Å². The number of hydrogen-bond donors (Lipinski definition) is 2. The molecule has 0 radical (unpaired) electrons. The summed E-state index contributed by atoms with van der Waals surface area (Å²) in [5.74, 6) is 1.23. The average molecular weight is 398 g/mol. The first-order chi connectivity index (χ1) is 13.2. The molecule has 0 spiro atoms. The highest BCUT2D eigenvalue weighted by Crippen LogP contribution is 2.44. The third-order valence-corrected chi connectivity index (χ3v) is 6.64. The Morgan fingerprint density at radius 1 is 1.11 bits per heavy atom. The van der Waals surface area contributed by atoms with Crippen molar-refractivity contribution in [1.29, 1.82) is 0 Å². The second-order valence-corrected chi connectivity index (χ2v) is 8.21. The van der Waals surface area contributed by atoms with Crippen molar-refractivity contribution in [1.82, 2.24) is 10.2 Å². The van der Waals surface area contributed by atoms with Crippen LogP contribution in [0.2, 0.25) is 0 Å². The van der Waals surface area contributed by atoms with E-state index in [-0.39, 0.29) is 24.4 Å². The van der Waals surface area contributed by atoms with Crippen LogP contribution in [0.4, 0.5) is 5.69 Å². The van der Waals surface area contributed by atoms with Crippen LogP contribution in [0, 0.1) is 18.8 Å². The first-order valence-corrected chi connectivity index (χ1v) is 10.2. The van der Waals surface area contributed by atoms with E-state index in [9.17, 15) is 4.79 Å². The van der Waals surface area contributed by atoms with Crippen LogP contribution >= 0.6 is 12.4 Å². The summed E-state index contributed by atoms with van der Waals surface area (Å²) >= 11 is 0. The third kappa shape index (κ3) is 3.09. The Morgan fingerprint density at radius 3 is 2.82 bits per heavy atom. The number of carbonyl (C=O) groups is 1. The minimum Gasteiger partial charge on any atom is -0.384 e. The van der Waals surface area contributed by atoms with Gasteiger partial charge in [-0.2, -0.15) is 0 Å². The van der Waals surface area contributed by atoms with Crippen molar-refractivity contribution in [2.24, 2.45) is 11.8 Å². The molecule has 5 rings (SSSR count). The van der Waals surface area contributed by atoms with Gasteiger partial charge in [-0.15, -0.1) is 12.4 Å². The van der Waals surface area contributed by atoms with Crippen LogP contribution in [0.3, 0.4) is 0 Å². The zero-order valence-electron chi connectivity index (χ0n) is 16.3. The molecule has 0 unspecified atom stereocenters. The lowest BCUT2D eigenvalue weighted by molar-refractivity contribution is 0.0714. The zero-order valence-corrected chi connectivity index (χ0v) is 17.1. The average Bonchev–Trinajstić information content (AvgIpc) is 3.29. The number of carbonyl (C=O) groups excluding carboxylic acids is 1. The molecule has 5 heteroatoms. The van der Waals surface area contributed by atoms with E-state index >= 15 is 0 Å². The Morgan fingerprint density at radius 2 is 1.96 bits per heavy atom. The molecule has 2 fully saturated rings. The molecular weight excluding hydrogens is 370 g/mol. The molecule has 0 saturated carbocycles. The Balaban J connectivity index is 0.00000192. The fraction of sp³-hybridized carbons (Fsp3) is 0.435. The molecule has 2 aromatic carbocycles. The second-order valence-electron chi connectivity index (χ2n) is 8.21. The molecule has 2 N–H and O–H groups in total. The third-order valence-electron chi connectivity index (χ3n) is 6.64. The second kappa shape index (κ2) is 7.76. The van der Waals surface area contributed by atoms with Crippen molar-refractivity contribution in [3.8, 4) is 0 Å². The molecule has 3 aliphatic heterocycles. The Kier molecular flexibility index (Phi) is 5.35. The minimum absolute atomic E-state index is 0. The molecule has 148 valence electrons. The number of amides is 1. The summed E-state index contributed by atoms with van der Waals surface area (Å²) in [6.07, 6.45) is 2.19. The molecule has 28 heavy (non-hydrogen) atoms. The van der Waals surface area contributed by atoms with E-state index < -0.39 is 0 Å². The van der Waals surface area contributed by atoms with E-state index in [0.29, 0.717) is 11.8 Å². The predicted octanol–water partition coefficient (Wildman–Crippen LogP) is 3.81. The van der Waals surface area contributed by atoms with E-state index in [1.807, 2.05) is 12.1 Å². The summed E-state index contributed by atoms with van der Waals surface area (Å²) in [5.41, 5.74) is 5.77. The number of fused-ring (bicyclic) bond motifs is 2. The van der Waals surface area contributed by atoms with Crippen molar-refractivity contribution < 1.29 is 4.79 Å².